The van der Waals surface area contributed by atoms with Gasteiger partial charge in [0.1, 0.15) is 11.1 Å². The lowest BCUT2D eigenvalue weighted by Gasteiger charge is -2.24. The Balaban J connectivity index is 3.02. The lowest BCUT2D eigenvalue weighted by molar-refractivity contribution is -0.143. The smallest absolute Gasteiger partial charge is 0.329 e. The molecule has 6 heteroatoms. The largest absolute Gasteiger partial charge is 0.480 e. The van der Waals surface area contributed by atoms with Crippen molar-refractivity contribution < 1.29 is 14.7 Å². The zero-order valence-corrected chi connectivity index (χ0v) is 10.5. The summed E-state index contributed by atoms with van der Waals surface area (Å²) < 4.78 is 0. The Hall–Kier alpha value is -2.11. The van der Waals surface area contributed by atoms with Crippen molar-refractivity contribution in [2.75, 3.05) is 0 Å². The molecule has 0 aliphatic heterocycles. The summed E-state index contributed by atoms with van der Waals surface area (Å²) in [5.41, 5.74) is -1.38. The molecule has 1 aromatic rings. The van der Waals surface area contributed by atoms with Gasteiger partial charge in [0.2, 0.25) is 0 Å². The minimum absolute atomic E-state index is 0.0958. The minimum atomic E-state index is -1.38. The highest BCUT2D eigenvalue weighted by Gasteiger charge is 2.33. The average Bonchev–Trinajstić information content (AvgIpc) is 2.28. The number of carboxylic acid groups (broad SMARTS) is 1. The molecule has 0 aliphatic rings. The Morgan fingerprint density at radius 3 is 2.50 bits per heavy atom. The molecular weight excluding hydrogens is 236 g/mol. The molecule has 1 amide bonds. The molecule has 98 valence electrons. The Morgan fingerprint density at radius 1 is 1.44 bits per heavy atom. The summed E-state index contributed by atoms with van der Waals surface area (Å²) in [6.45, 7) is 4.74. The van der Waals surface area contributed by atoms with Crippen LogP contribution in [0.15, 0.2) is 16.9 Å². The van der Waals surface area contributed by atoms with E-state index in [1.807, 2.05) is 0 Å². The zero-order valence-electron chi connectivity index (χ0n) is 10.5. The molecule has 0 aromatic carbocycles. The molecule has 0 aliphatic carbocycles. The highest BCUT2D eigenvalue weighted by Crippen LogP contribution is 2.10. The van der Waals surface area contributed by atoms with Crippen molar-refractivity contribution in [3.8, 4) is 0 Å². The van der Waals surface area contributed by atoms with Crippen LogP contribution in [0.25, 0.3) is 0 Å². The van der Waals surface area contributed by atoms with Gasteiger partial charge in [0, 0.05) is 5.69 Å². The normalized spacial score (nSPS) is 13.7. The first-order valence-electron chi connectivity index (χ1n) is 5.56. The third-order valence-electron chi connectivity index (χ3n) is 2.87. The Labute approximate surface area is 104 Å². The third kappa shape index (κ3) is 2.77. The summed E-state index contributed by atoms with van der Waals surface area (Å²) in [5.74, 6) is -1.83. The van der Waals surface area contributed by atoms with Crippen molar-refractivity contribution in [3.63, 3.8) is 0 Å². The van der Waals surface area contributed by atoms with Crippen LogP contribution in [-0.4, -0.2) is 27.5 Å². The molecule has 6 nitrogen and oxygen atoms in total. The van der Waals surface area contributed by atoms with E-state index in [0.29, 0.717) is 5.69 Å². The van der Waals surface area contributed by atoms with E-state index < -0.39 is 23.0 Å². The number of aromatic amines is 1. The van der Waals surface area contributed by atoms with Gasteiger partial charge in [0.25, 0.3) is 11.5 Å². The van der Waals surface area contributed by atoms with Gasteiger partial charge in [-0.3, -0.25) is 9.59 Å². The number of amides is 1. The maximum Gasteiger partial charge on any atom is 0.329 e. The van der Waals surface area contributed by atoms with E-state index >= 15 is 0 Å². The first-order valence-corrected chi connectivity index (χ1v) is 5.56. The zero-order chi connectivity index (χ0) is 13.9. The number of carbonyl (C=O) groups excluding carboxylic acids is 1. The average molecular weight is 252 g/mol. The molecule has 0 spiro atoms. The highest BCUT2D eigenvalue weighted by molar-refractivity contribution is 5.97. The van der Waals surface area contributed by atoms with Gasteiger partial charge >= 0.3 is 5.97 Å². The molecule has 1 aromatic heterocycles. The van der Waals surface area contributed by atoms with Crippen LogP contribution in [-0.2, 0) is 4.79 Å². The molecule has 3 N–H and O–H groups in total. The predicted molar refractivity (Wildman–Crippen MR) is 65.6 cm³/mol. The number of H-pyrrole nitrogens is 1. The summed E-state index contributed by atoms with van der Waals surface area (Å²) in [7, 11) is 0. The molecule has 1 atom stereocenters. The van der Waals surface area contributed by atoms with E-state index in [1.165, 1.54) is 13.0 Å². The number of aliphatic carboxylic acids is 1. The van der Waals surface area contributed by atoms with Crippen LogP contribution in [0.3, 0.4) is 0 Å². The van der Waals surface area contributed by atoms with Gasteiger partial charge < -0.3 is 15.4 Å². The lowest BCUT2D eigenvalue weighted by Crippen LogP contribution is -2.52. The highest BCUT2D eigenvalue weighted by atomic mass is 16.4. The van der Waals surface area contributed by atoms with Crippen LogP contribution < -0.4 is 10.9 Å². The second-order valence-electron chi connectivity index (χ2n) is 4.33. The number of aromatic nitrogens is 1. The molecule has 0 saturated heterocycles. The van der Waals surface area contributed by atoms with Gasteiger partial charge in [-0.25, -0.2) is 4.79 Å². The molecular formula is C12H16N2O4. The SMILES string of the molecule is CCC(C)(NC(=O)c1ccc(C)[nH]c1=O)C(=O)O. The van der Waals surface area contributed by atoms with E-state index in [9.17, 15) is 14.4 Å². The number of hydrogen-bond donors (Lipinski definition) is 3. The van der Waals surface area contributed by atoms with Crippen molar-refractivity contribution in [1.82, 2.24) is 10.3 Å². The predicted octanol–water partition coefficient (Wildman–Crippen LogP) is 0.666. The van der Waals surface area contributed by atoms with Crippen molar-refractivity contribution in [2.45, 2.75) is 32.7 Å². The van der Waals surface area contributed by atoms with Crippen LogP contribution in [0.1, 0.15) is 36.3 Å². The molecule has 0 saturated carbocycles. The van der Waals surface area contributed by atoms with E-state index in [2.05, 4.69) is 10.3 Å². The van der Waals surface area contributed by atoms with Gasteiger partial charge in [-0.2, -0.15) is 0 Å². The monoisotopic (exact) mass is 252 g/mol. The maximum absolute atomic E-state index is 11.9. The summed E-state index contributed by atoms with van der Waals surface area (Å²) >= 11 is 0. The molecule has 0 fully saturated rings. The quantitative estimate of drug-likeness (QED) is 0.733. The Kier molecular flexibility index (Phi) is 3.90. The fourth-order valence-electron chi connectivity index (χ4n) is 1.36. The molecule has 0 radical (unpaired) electrons. The van der Waals surface area contributed by atoms with Crippen molar-refractivity contribution in [1.29, 1.82) is 0 Å². The van der Waals surface area contributed by atoms with Crippen LogP contribution in [0, 0.1) is 6.92 Å². The molecule has 1 heterocycles. The summed E-state index contributed by atoms with van der Waals surface area (Å²) in [4.78, 5) is 37.0. The fourth-order valence-corrected chi connectivity index (χ4v) is 1.36. The van der Waals surface area contributed by atoms with Crippen molar-refractivity contribution in [2.24, 2.45) is 0 Å². The number of pyridine rings is 1. The van der Waals surface area contributed by atoms with E-state index in [0.717, 1.165) is 0 Å². The molecule has 0 bridgehead atoms. The summed E-state index contributed by atoms with van der Waals surface area (Å²) in [5, 5.41) is 11.4. The van der Waals surface area contributed by atoms with E-state index in [-0.39, 0.29) is 12.0 Å². The van der Waals surface area contributed by atoms with Crippen LogP contribution in [0.5, 0.6) is 0 Å². The number of nitrogens with one attached hydrogen (secondary N) is 2. The van der Waals surface area contributed by atoms with Gasteiger partial charge in [0.15, 0.2) is 0 Å². The third-order valence-corrected chi connectivity index (χ3v) is 2.87. The second-order valence-corrected chi connectivity index (χ2v) is 4.33. The summed E-state index contributed by atoms with van der Waals surface area (Å²) in [6.07, 6.45) is 0.220. The van der Waals surface area contributed by atoms with Crippen LogP contribution in [0.2, 0.25) is 0 Å². The first-order chi connectivity index (χ1) is 8.30. The number of carboxylic acids is 1. The number of carbonyl (C=O) groups is 2. The van der Waals surface area contributed by atoms with Crippen LogP contribution in [0.4, 0.5) is 0 Å². The minimum Gasteiger partial charge on any atom is -0.480 e. The topological polar surface area (TPSA) is 99.3 Å². The first kappa shape index (κ1) is 14.0. The molecule has 1 unspecified atom stereocenters. The van der Waals surface area contributed by atoms with Crippen LogP contribution >= 0.6 is 0 Å². The number of aryl methyl sites for hydroxylation is 1. The van der Waals surface area contributed by atoms with E-state index in [1.54, 1.807) is 19.9 Å². The maximum atomic E-state index is 11.9. The Bertz CT molecular complexity index is 535. The summed E-state index contributed by atoms with van der Waals surface area (Å²) in [6, 6.07) is 2.96. The lowest BCUT2D eigenvalue weighted by atomic mass is 9.98. The Morgan fingerprint density at radius 2 is 2.06 bits per heavy atom. The molecule has 18 heavy (non-hydrogen) atoms. The van der Waals surface area contributed by atoms with Crippen molar-refractivity contribution in [3.05, 3.63) is 33.7 Å². The number of rotatable bonds is 4. The second kappa shape index (κ2) is 5.03. The van der Waals surface area contributed by atoms with Gasteiger partial charge in [-0.1, -0.05) is 6.92 Å². The van der Waals surface area contributed by atoms with Gasteiger partial charge in [-0.05, 0) is 32.4 Å². The fraction of sp³-hybridized carbons (Fsp3) is 0.417. The van der Waals surface area contributed by atoms with Gasteiger partial charge in [0.05, 0.1) is 0 Å². The van der Waals surface area contributed by atoms with Gasteiger partial charge in [-0.15, -0.1) is 0 Å². The molecule has 1 rings (SSSR count). The van der Waals surface area contributed by atoms with Crippen molar-refractivity contribution >= 4 is 11.9 Å². The number of hydrogen-bond acceptors (Lipinski definition) is 3. The van der Waals surface area contributed by atoms with E-state index in [4.69, 9.17) is 5.11 Å². The standard InChI is InChI=1S/C12H16N2O4/c1-4-12(3,11(17)18)14-10(16)8-6-5-7(2)13-9(8)15/h5-6H,4H2,1-3H3,(H,13,15)(H,14,16)(H,17,18).